The second-order valence-electron chi connectivity index (χ2n) is 7.81. The first-order valence-electron chi connectivity index (χ1n) is 9.21. The fourth-order valence-corrected chi connectivity index (χ4v) is 4.17. The summed E-state index contributed by atoms with van der Waals surface area (Å²) in [4.78, 5) is 39.4. The zero-order valence-electron chi connectivity index (χ0n) is 15.6. The monoisotopic (exact) mass is 369 g/mol. The molecule has 0 bridgehead atoms. The Hall–Kier alpha value is -2.83. The van der Waals surface area contributed by atoms with Crippen molar-refractivity contribution in [3.8, 4) is 0 Å². The third kappa shape index (κ3) is 2.87. The van der Waals surface area contributed by atoms with Gasteiger partial charge >= 0.3 is 12.0 Å². The molecule has 1 aromatic rings. The number of carbonyl (C=O) groups is 3. The van der Waals surface area contributed by atoms with E-state index in [0.29, 0.717) is 17.8 Å². The number of imide groups is 1. The minimum Gasteiger partial charge on any atom is -0.456 e. The number of urea groups is 1. The number of nitrogens with zero attached hydrogens (tertiary/aromatic N) is 1. The van der Waals surface area contributed by atoms with Crippen molar-refractivity contribution in [2.24, 2.45) is 11.8 Å². The summed E-state index contributed by atoms with van der Waals surface area (Å²) in [6.45, 7) is 6.67. The summed E-state index contributed by atoms with van der Waals surface area (Å²) in [5.41, 5.74) is 3.13. The van der Waals surface area contributed by atoms with Crippen molar-refractivity contribution in [2.75, 3.05) is 13.2 Å². The lowest BCUT2D eigenvalue weighted by molar-refractivity contribution is -0.136. The van der Waals surface area contributed by atoms with E-state index in [0.717, 1.165) is 11.1 Å². The maximum absolute atomic E-state index is 12.8. The minimum atomic E-state index is -0.603. The Kier molecular flexibility index (Phi) is 4.17. The highest BCUT2D eigenvalue weighted by atomic mass is 16.5. The molecule has 1 fully saturated rings. The van der Waals surface area contributed by atoms with Gasteiger partial charge in [0.2, 0.25) is 5.91 Å². The second kappa shape index (κ2) is 6.40. The van der Waals surface area contributed by atoms with Crippen LogP contribution in [0.25, 0.3) is 0 Å². The van der Waals surface area contributed by atoms with Gasteiger partial charge in [0.05, 0.1) is 17.2 Å². The lowest BCUT2D eigenvalue weighted by Gasteiger charge is -2.47. The first kappa shape index (κ1) is 17.6. The fourth-order valence-electron chi connectivity index (χ4n) is 4.17. The highest BCUT2D eigenvalue weighted by molar-refractivity contribution is 6.02. The molecule has 3 amide bonds. The molecule has 3 atom stereocenters. The molecule has 3 aliphatic rings. The van der Waals surface area contributed by atoms with E-state index in [2.05, 4.69) is 10.6 Å². The van der Waals surface area contributed by atoms with Crippen LogP contribution in [0.1, 0.15) is 30.9 Å². The van der Waals surface area contributed by atoms with Gasteiger partial charge < -0.3 is 15.0 Å². The summed E-state index contributed by atoms with van der Waals surface area (Å²) >= 11 is 0. The van der Waals surface area contributed by atoms with E-state index < -0.39 is 30.0 Å². The largest absolute Gasteiger partial charge is 0.456 e. The third-order valence-electron chi connectivity index (χ3n) is 5.35. The highest BCUT2D eigenvalue weighted by Crippen LogP contribution is 2.43. The Morgan fingerprint density at radius 3 is 2.56 bits per heavy atom. The maximum Gasteiger partial charge on any atom is 0.336 e. The first-order chi connectivity index (χ1) is 12.9. The molecule has 142 valence electrons. The van der Waals surface area contributed by atoms with Gasteiger partial charge in [-0.15, -0.1) is 0 Å². The molecule has 0 radical (unpaired) electrons. The molecule has 0 spiro atoms. The third-order valence-corrected chi connectivity index (χ3v) is 5.35. The molecular formula is C20H23N3O4. The van der Waals surface area contributed by atoms with Crippen molar-refractivity contribution >= 4 is 17.9 Å². The maximum atomic E-state index is 12.8. The number of rotatable bonds is 3. The van der Waals surface area contributed by atoms with Crippen molar-refractivity contribution in [1.82, 2.24) is 15.5 Å². The Bertz CT molecular complexity index is 843. The molecule has 1 aromatic carbocycles. The van der Waals surface area contributed by atoms with Crippen LogP contribution in [-0.4, -0.2) is 42.1 Å². The highest BCUT2D eigenvalue weighted by Gasteiger charge is 2.53. The summed E-state index contributed by atoms with van der Waals surface area (Å²) in [7, 11) is 0. The average Bonchev–Trinajstić information content (AvgIpc) is 2.98. The summed E-state index contributed by atoms with van der Waals surface area (Å²) in [5, 5.41) is 5.73. The molecule has 7 heteroatoms. The predicted molar refractivity (Wildman–Crippen MR) is 97.4 cm³/mol. The van der Waals surface area contributed by atoms with E-state index in [-0.39, 0.29) is 18.4 Å². The number of fused-ring (bicyclic) bond motifs is 1. The van der Waals surface area contributed by atoms with E-state index in [4.69, 9.17) is 4.74 Å². The van der Waals surface area contributed by atoms with Crippen LogP contribution in [-0.2, 0) is 14.3 Å². The van der Waals surface area contributed by atoms with E-state index in [1.165, 1.54) is 0 Å². The van der Waals surface area contributed by atoms with Gasteiger partial charge in [-0.2, -0.15) is 0 Å². The van der Waals surface area contributed by atoms with Gasteiger partial charge in [-0.1, -0.05) is 43.7 Å². The normalized spacial score (nSPS) is 27.2. The average molecular weight is 369 g/mol. The van der Waals surface area contributed by atoms with Crippen molar-refractivity contribution in [2.45, 2.75) is 32.9 Å². The van der Waals surface area contributed by atoms with Crippen molar-refractivity contribution in [3.05, 3.63) is 46.7 Å². The van der Waals surface area contributed by atoms with E-state index in [1.807, 2.05) is 45.0 Å². The number of hydrogen-bond acceptors (Lipinski definition) is 5. The zero-order chi connectivity index (χ0) is 19.3. The van der Waals surface area contributed by atoms with Crippen molar-refractivity contribution in [3.63, 3.8) is 0 Å². The lowest BCUT2D eigenvalue weighted by atomic mass is 9.74. The van der Waals surface area contributed by atoms with Crippen LogP contribution in [0.2, 0.25) is 0 Å². The molecule has 2 N–H and O–H groups in total. The lowest BCUT2D eigenvalue weighted by Crippen LogP contribution is -2.68. The Morgan fingerprint density at radius 1 is 1.19 bits per heavy atom. The number of cyclic esters (lactones) is 1. The SMILES string of the molecule is Cc1ccc(C2C3=C(COC3=O)NC3C2C(=O)NC(=O)N3CC(C)C)cc1. The van der Waals surface area contributed by atoms with Crippen LogP contribution >= 0.6 is 0 Å². The van der Waals surface area contributed by atoms with Crippen LogP contribution in [0.3, 0.4) is 0 Å². The number of ether oxygens (including phenoxy) is 1. The van der Waals surface area contributed by atoms with Gasteiger partial charge in [0.15, 0.2) is 0 Å². The molecule has 3 heterocycles. The minimum absolute atomic E-state index is 0.144. The molecule has 4 rings (SSSR count). The molecule has 1 saturated heterocycles. The topological polar surface area (TPSA) is 87.7 Å². The smallest absolute Gasteiger partial charge is 0.336 e. The summed E-state index contributed by atoms with van der Waals surface area (Å²) in [5.74, 6) is -1.59. The number of nitrogens with one attached hydrogen (secondary N) is 2. The standard InChI is InChI=1S/C20H23N3O4/c1-10(2)8-23-17-16(18(24)22-20(23)26)14(12-6-4-11(3)5-7-12)15-13(21-17)9-27-19(15)25/h4-7,10,14,16-17,21H,8-9H2,1-3H3,(H,22,24,26). The van der Waals surface area contributed by atoms with Gasteiger partial charge in [0.25, 0.3) is 0 Å². The number of amides is 3. The number of benzene rings is 1. The molecule has 7 nitrogen and oxygen atoms in total. The van der Waals surface area contributed by atoms with Crippen LogP contribution in [0.15, 0.2) is 35.5 Å². The van der Waals surface area contributed by atoms with Gasteiger partial charge in [-0.05, 0) is 18.4 Å². The van der Waals surface area contributed by atoms with Crippen LogP contribution in [0, 0.1) is 18.8 Å². The zero-order valence-corrected chi connectivity index (χ0v) is 15.6. The number of aryl methyl sites for hydroxylation is 1. The van der Waals surface area contributed by atoms with Crippen molar-refractivity contribution in [1.29, 1.82) is 0 Å². The van der Waals surface area contributed by atoms with Crippen LogP contribution < -0.4 is 10.6 Å². The molecule has 3 unspecified atom stereocenters. The molecule has 27 heavy (non-hydrogen) atoms. The Balaban J connectivity index is 1.83. The van der Waals surface area contributed by atoms with Gasteiger partial charge in [0, 0.05) is 12.5 Å². The van der Waals surface area contributed by atoms with Crippen LogP contribution in [0.5, 0.6) is 0 Å². The molecule has 0 aromatic heterocycles. The quantitative estimate of drug-likeness (QED) is 0.791. The number of carbonyl (C=O) groups excluding carboxylic acids is 3. The summed E-state index contributed by atoms with van der Waals surface area (Å²) in [6.07, 6.45) is -0.506. The Labute approximate surface area is 157 Å². The predicted octanol–water partition coefficient (Wildman–Crippen LogP) is 1.64. The molecular weight excluding hydrogens is 346 g/mol. The summed E-state index contributed by atoms with van der Waals surface area (Å²) < 4.78 is 5.25. The molecule has 3 aliphatic heterocycles. The Morgan fingerprint density at radius 2 is 1.89 bits per heavy atom. The first-order valence-corrected chi connectivity index (χ1v) is 9.21. The summed E-state index contributed by atoms with van der Waals surface area (Å²) in [6, 6.07) is 7.40. The van der Waals surface area contributed by atoms with Crippen LogP contribution in [0.4, 0.5) is 4.79 Å². The van der Waals surface area contributed by atoms with Gasteiger partial charge in [-0.25, -0.2) is 9.59 Å². The number of hydrogen-bond donors (Lipinski definition) is 2. The number of esters is 1. The van der Waals surface area contributed by atoms with Crippen molar-refractivity contribution < 1.29 is 19.1 Å². The van der Waals surface area contributed by atoms with E-state index in [9.17, 15) is 14.4 Å². The molecule has 0 saturated carbocycles. The van der Waals surface area contributed by atoms with E-state index >= 15 is 0 Å². The van der Waals surface area contributed by atoms with Gasteiger partial charge in [0.1, 0.15) is 12.8 Å². The fraction of sp³-hybridized carbons (Fsp3) is 0.450. The molecule has 0 aliphatic carbocycles. The van der Waals surface area contributed by atoms with E-state index in [1.54, 1.807) is 4.90 Å². The van der Waals surface area contributed by atoms with Gasteiger partial charge in [-0.3, -0.25) is 10.1 Å². The second-order valence-corrected chi connectivity index (χ2v) is 7.81.